The van der Waals surface area contributed by atoms with E-state index < -0.39 is 33.0 Å². The molecule has 38 heavy (non-hydrogen) atoms. The van der Waals surface area contributed by atoms with Crippen LogP contribution in [0.5, 0.6) is 0 Å². The minimum atomic E-state index is -4.65. The Morgan fingerprint density at radius 2 is 1.79 bits per heavy atom. The summed E-state index contributed by atoms with van der Waals surface area (Å²) in [5.74, 6) is 1.50. The summed E-state index contributed by atoms with van der Waals surface area (Å²) in [6, 6.07) is 0. The van der Waals surface area contributed by atoms with Crippen molar-refractivity contribution in [2.45, 2.75) is 97.2 Å². The van der Waals surface area contributed by atoms with Crippen LogP contribution < -0.4 is 0 Å². The average molecular weight is 577 g/mol. The molecule has 0 aliphatic heterocycles. The van der Waals surface area contributed by atoms with E-state index in [-0.39, 0.29) is 29.3 Å². The molecule has 9 nitrogen and oxygen atoms in total. The van der Waals surface area contributed by atoms with Crippen LogP contribution in [0.1, 0.15) is 85.0 Å². The summed E-state index contributed by atoms with van der Waals surface area (Å²) in [4.78, 5) is 0. The predicted molar refractivity (Wildman–Crippen MR) is 143 cm³/mol. The molecule has 4 rings (SSSR count). The molecule has 0 aromatic rings. The van der Waals surface area contributed by atoms with Crippen LogP contribution in [0.2, 0.25) is 0 Å². The van der Waals surface area contributed by atoms with Gasteiger partial charge in [0.2, 0.25) is 0 Å². The van der Waals surface area contributed by atoms with Crippen molar-refractivity contribution in [1.82, 2.24) is 0 Å². The minimum absolute atomic E-state index is 0.0147. The number of fused-ring (bicyclic) bond motifs is 5. The molecule has 11 heteroatoms. The molecule has 0 aromatic carbocycles. The van der Waals surface area contributed by atoms with Crippen molar-refractivity contribution >= 4 is 20.8 Å². The van der Waals surface area contributed by atoms with E-state index in [1.165, 1.54) is 0 Å². The molecule has 0 saturated heterocycles. The fourth-order valence-corrected chi connectivity index (χ4v) is 9.88. The zero-order chi connectivity index (χ0) is 28.1. The highest BCUT2D eigenvalue weighted by molar-refractivity contribution is 7.81. The molecule has 0 heterocycles. The summed E-state index contributed by atoms with van der Waals surface area (Å²) in [6.07, 6.45) is 8.40. The number of aliphatic hydroxyl groups is 1. The van der Waals surface area contributed by atoms with E-state index in [4.69, 9.17) is 12.9 Å². The van der Waals surface area contributed by atoms with Crippen LogP contribution in [0, 0.1) is 40.4 Å². The molecule has 3 fully saturated rings. The third kappa shape index (κ3) is 6.09. The zero-order valence-electron chi connectivity index (χ0n) is 22.7. The largest absolute Gasteiger partial charge is 0.397 e. The van der Waals surface area contributed by atoms with Gasteiger partial charge in [-0.25, -0.2) is 8.37 Å². The maximum Gasteiger partial charge on any atom is 0.397 e. The topological polar surface area (TPSA) is 147 Å². The van der Waals surface area contributed by atoms with Crippen LogP contribution >= 0.6 is 0 Å². The third-order valence-corrected chi connectivity index (χ3v) is 11.6. The first-order chi connectivity index (χ1) is 17.6. The molecule has 0 amide bonds. The molecular formula is C27H44O9S2. The van der Waals surface area contributed by atoms with Gasteiger partial charge in [-0.3, -0.25) is 9.11 Å². The van der Waals surface area contributed by atoms with E-state index in [2.05, 4.69) is 26.5 Å². The van der Waals surface area contributed by atoms with Crippen LogP contribution in [-0.2, 0) is 29.2 Å². The van der Waals surface area contributed by atoms with E-state index in [1.54, 1.807) is 0 Å². The van der Waals surface area contributed by atoms with Crippen molar-refractivity contribution in [2.75, 3.05) is 6.61 Å². The van der Waals surface area contributed by atoms with Gasteiger partial charge in [-0.1, -0.05) is 25.5 Å². The lowest BCUT2D eigenvalue weighted by atomic mass is 9.46. The van der Waals surface area contributed by atoms with Gasteiger partial charge in [0, 0.05) is 0 Å². The summed E-state index contributed by atoms with van der Waals surface area (Å²) in [7, 11) is -9.17. The van der Waals surface area contributed by atoms with Crippen LogP contribution in [0.15, 0.2) is 23.8 Å². The van der Waals surface area contributed by atoms with Gasteiger partial charge in [-0.05, 0) is 117 Å². The number of hydrogen-bond donors (Lipinski definition) is 3. The first kappa shape index (κ1) is 30.1. The Balaban J connectivity index is 1.55. The second kappa shape index (κ2) is 10.9. The molecule has 0 aromatic heterocycles. The fourth-order valence-electron chi connectivity index (χ4n) is 9.02. The molecule has 4 aliphatic carbocycles. The summed E-state index contributed by atoms with van der Waals surface area (Å²) < 4.78 is 73.6. The summed E-state index contributed by atoms with van der Waals surface area (Å²) in [5.41, 5.74) is 1.67. The molecule has 3 saturated carbocycles. The van der Waals surface area contributed by atoms with Gasteiger partial charge in [-0.15, -0.1) is 6.58 Å². The van der Waals surface area contributed by atoms with Gasteiger partial charge in [0.1, 0.15) is 12.2 Å². The molecule has 9 atom stereocenters. The Morgan fingerprint density at radius 3 is 2.42 bits per heavy atom. The van der Waals surface area contributed by atoms with Gasteiger partial charge in [0.05, 0.1) is 6.61 Å². The van der Waals surface area contributed by atoms with Crippen molar-refractivity contribution in [3.8, 4) is 0 Å². The van der Waals surface area contributed by atoms with Gasteiger partial charge >= 0.3 is 20.8 Å². The van der Waals surface area contributed by atoms with E-state index >= 15 is 0 Å². The quantitative estimate of drug-likeness (QED) is 0.244. The smallest absolute Gasteiger partial charge is 0.386 e. The van der Waals surface area contributed by atoms with Crippen molar-refractivity contribution in [2.24, 2.45) is 40.4 Å². The molecular weight excluding hydrogens is 532 g/mol. The monoisotopic (exact) mass is 576 g/mol. The lowest BCUT2D eigenvalue weighted by Gasteiger charge is -2.59. The Kier molecular flexibility index (Phi) is 8.62. The summed E-state index contributed by atoms with van der Waals surface area (Å²) >= 11 is 0. The van der Waals surface area contributed by atoms with Crippen molar-refractivity contribution in [3.05, 3.63) is 23.8 Å². The highest BCUT2D eigenvalue weighted by Gasteiger charge is 2.60. The van der Waals surface area contributed by atoms with Crippen LogP contribution in [0.3, 0.4) is 0 Å². The summed E-state index contributed by atoms with van der Waals surface area (Å²) in [5, 5.41) is 11.0. The molecule has 0 radical (unpaired) electrons. The number of hydrogen-bond acceptors (Lipinski definition) is 7. The highest BCUT2D eigenvalue weighted by atomic mass is 32.3. The minimum Gasteiger partial charge on any atom is -0.386 e. The SMILES string of the molecule is C=C(C)CCC[C@@H](COS(=O)(=O)O)[C@H]1CCC2C3CC=C4[C@@H](O)[C@H](OS(=O)(=O)O)CC[C@]4(C)C3CC[C@@]21C. The van der Waals surface area contributed by atoms with Gasteiger partial charge in [0.25, 0.3) is 0 Å². The highest BCUT2D eigenvalue weighted by Crippen LogP contribution is 2.67. The van der Waals surface area contributed by atoms with Crippen LogP contribution in [0.4, 0.5) is 0 Å². The van der Waals surface area contributed by atoms with Gasteiger partial charge in [0.15, 0.2) is 0 Å². The molecule has 4 aliphatic rings. The Bertz CT molecular complexity index is 1150. The lowest BCUT2D eigenvalue weighted by molar-refractivity contribution is -0.0788. The van der Waals surface area contributed by atoms with Crippen LogP contribution in [-0.4, -0.2) is 49.9 Å². The number of rotatable bonds is 10. The van der Waals surface area contributed by atoms with Crippen molar-refractivity contribution in [3.63, 3.8) is 0 Å². The molecule has 0 bridgehead atoms. The first-order valence-corrected chi connectivity index (χ1v) is 16.6. The van der Waals surface area contributed by atoms with Gasteiger partial charge in [-0.2, -0.15) is 16.8 Å². The van der Waals surface area contributed by atoms with E-state index in [0.717, 1.165) is 62.5 Å². The van der Waals surface area contributed by atoms with Gasteiger partial charge < -0.3 is 5.11 Å². The second-order valence-electron chi connectivity index (χ2n) is 12.8. The van der Waals surface area contributed by atoms with Crippen molar-refractivity contribution < 1.29 is 39.4 Å². The number of allylic oxidation sites excluding steroid dienone is 2. The number of aliphatic hydroxyl groups excluding tert-OH is 1. The fraction of sp³-hybridized carbons (Fsp3) is 0.852. The normalized spacial score (nSPS) is 40.0. The maximum atomic E-state index is 11.4. The first-order valence-electron chi connectivity index (χ1n) is 13.9. The zero-order valence-corrected chi connectivity index (χ0v) is 24.3. The molecule has 3 unspecified atom stereocenters. The molecule has 218 valence electrons. The average Bonchev–Trinajstić information content (AvgIpc) is 3.14. The summed E-state index contributed by atoms with van der Waals surface area (Å²) in [6.45, 7) is 10.5. The lowest BCUT2D eigenvalue weighted by Crippen LogP contribution is -2.54. The predicted octanol–water partition coefficient (Wildman–Crippen LogP) is 4.91. The Labute approximate surface area is 228 Å². The maximum absolute atomic E-state index is 11.4. The second-order valence-corrected chi connectivity index (χ2v) is 14.9. The standard InChI is InChI=1S/C27H44O9S2/c1-17(2)6-5-7-18(16-35-37(29,30)31)20-10-11-21-19-8-9-23-25(28)24(36-38(32,33)34)13-15-27(23,4)22(19)12-14-26(20,21)3/h9,18-22,24-25,28H,1,5-8,10-16H2,2-4H3,(H,29,30,31)(H,32,33,34)/t18-,19?,20+,21?,22?,24+,25+,26+,27+/m0/s1. The van der Waals surface area contributed by atoms with Crippen molar-refractivity contribution in [1.29, 1.82) is 0 Å². The van der Waals surface area contributed by atoms with E-state index in [0.29, 0.717) is 30.6 Å². The molecule has 0 spiro atoms. The van der Waals surface area contributed by atoms with E-state index in [9.17, 15) is 26.5 Å². The molecule has 3 N–H and O–H groups in total. The Morgan fingerprint density at radius 1 is 1.08 bits per heavy atom. The third-order valence-electron chi connectivity index (χ3n) is 10.6. The van der Waals surface area contributed by atoms with E-state index in [1.807, 2.05) is 6.92 Å². The van der Waals surface area contributed by atoms with Crippen LogP contribution in [0.25, 0.3) is 0 Å². The Hall–Kier alpha value is -0.820.